The number of aliphatic imine (C=N–C) groups is 1. The molecule has 1 aliphatic rings. The molecule has 1 fully saturated rings. The van der Waals surface area contributed by atoms with Gasteiger partial charge in [-0.1, -0.05) is 6.92 Å². The number of guanidine groups is 1. The van der Waals surface area contributed by atoms with Crippen molar-refractivity contribution in [3.05, 3.63) is 39.5 Å². The number of likely N-dealkylation sites (tertiary alicyclic amines) is 1. The van der Waals surface area contributed by atoms with Crippen LogP contribution in [0.2, 0.25) is 0 Å². The van der Waals surface area contributed by atoms with Crippen LogP contribution in [-0.2, 0) is 6.54 Å². The summed E-state index contributed by atoms with van der Waals surface area (Å²) in [6.45, 7) is 8.07. The van der Waals surface area contributed by atoms with Crippen molar-refractivity contribution in [2.45, 2.75) is 32.9 Å². The molecule has 0 aliphatic carbocycles. The lowest BCUT2D eigenvalue weighted by atomic mass is 9.93. The van der Waals surface area contributed by atoms with Crippen LogP contribution < -0.4 is 5.32 Å². The number of aromatic nitrogens is 2. The predicted molar refractivity (Wildman–Crippen MR) is 103 cm³/mol. The first-order valence-electron chi connectivity index (χ1n) is 8.42. The van der Waals surface area contributed by atoms with Crippen LogP contribution in [0, 0.1) is 5.92 Å². The lowest BCUT2D eigenvalue weighted by molar-refractivity contribution is 0.189. The predicted octanol–water partition coefficient (Wildman–Crippen LogP) is 3.76. The fourth-order valence-electron chi connectivity index (χ4n) is 3.11. The number of hydrogen-bond acceptors (Lipinski definition) is 3. The zero-order chi connectivity index (χ0) is 16.9. The zero-order valence-corrected chi connectivity index (χ0v) is 16.6. The Labute approximate surface area is 155 Å². The maximum Gasteiger partial charge on any atom is 0.194 e. The fraction of sp³-hybridized carbons (Fsp3) is 0.529. The molecular formula is C17H24BrN5S. The third kappa shape index (κ3) is 4.19. The summed E-state index contributed by atoms with van der Waals surface area (Å²) >= 11 is 5.26. The van der Waals surface area contributed by atoms with Crippen molar-refractivity contribution in [2.24, 2.45) is 10.9 Å². The van der Waals surface area contributed by atoms with Crippen LogP contribution in [0.15, 0.2) is 39.6 Å². The Hall–Kier alpha value is -1.34. The molecule has 2 aromatic rings. The lowest BCUT2D eigenvalue weighted by Gasteiger charge is -2.39. The van der Waals surface area contributed by atoms with Gasteiger partial charge in [-0.25, -0.2) is 9.98 Å². The van der Waals surface area contributed by atoms with E-state index in [4.69, 9.17) is 4.99 Å². The van der Waals surface area contributed by atoms with Crippen molar-refractivity contribution in [3.63, 3.8) is 0 Å². The van der Waals surface area contributed by atoms with Crippen LogP contribution in [0.25, 0.3) is 0 Å². The number of imidazole rings is 1. The van der Waals surface area contributed by atoms with E-state index in [1.807, 2.05) is 12.5 Å². The van der Waals surface area contributed by atoms with Crippen LogP contribution >= 0.6 is 27.3 Å². The molecule has 0 radical (unpaired) electrons. The standard InChI is InChI=1S/C17H24BrN5S/c1-3-20-17(21-10-14-4-5-16(18)24-14)22-8-6-13(2)15(11-22)23-9-7-19-12-23/h4-5,7,9,12-13,15H,3,6,8,10-11H2,1-2H3,(H,20,21). The summed E-state index contributed by atoms with van der Waals surface area (Å²) in [6.07, 6.45) is 7.02. The van der Waals surface area contributed by atoms with Crippen molar-refractivity contribution >= 4 is 33.2 Å². The van der Waals surface area contributed by atoms with E-state index in [0.29, 0.717) is 12.0 Å². The van der Waals surface area contributed by atoms with Crippen molar-refractivity contribution in [2.75, 3.05) is 19.6 Å². The Kier molecular flexibility index (Phi) is 5.94. The first-order valence-corrected chi connectivity index (χ1v) is 10.0. The molecule has 0 amide bonds. The molecule has 24 heavy (non-hydrogen) atoms. The number of nitrogens with one attached hydrogen (secondary N) is 1. The van der Waals surface area contributed by atoms with Gasteiger partial charge in [0.25, 0.3) is 0 Å². The molecule has 0 saturated carbocycles. The van der Waals surface area contributed by atoms with E-state index in [1.54, 1.807) is 11.3 Å². The number of hydrogen-bond donors (Lipinski definition) is 1. The van der Waals surface area contributed by atoms with Gasteiger partial charge < -0.3 is 14.8 Å². The van der Waals surface area contributed by atoms with Gasteiger partial charge in [-0.3, -0.25) is 0 Å². The summed E-state index contributed by atoms with van der Waals surface area (Å²) < 4.78 is 3.39. The highest BCUT2D eigenvalue weighted by Crippen LogP contribution is 2.28. The molecule has 2 unspecified atom stereocenters. The molecule has 1 aliphatic heterocycles. The minimum absolute atomic E-state index is 0.445. The van der Waals surface area contributed by atoms with Gasteiger partial charge in [0.2, 0.25) is 0 Å². The molecular weight excluding hydrogens is 386 g/mol. The maximum absolute atomic E-state index is 4.86. The average molecular weight is 410 g/mol. The monoisotopic (exact) mass is 409 g/mol. The van der Waals surface area contributed by atoms with Gasteiger partial charge in [-0.2, -0.15) is 0 Å². The molecule has 7 heteroatoms. The zero-order valence-electron chi connectivity index (χ0n) is 14.2. The number of thiophene rings is 1. The number of rotatable bonds is 4. The quantitative estimate of drug-likeness (QED) is 0.617. The molecule has 0 aromatic carbocycles. The number of nitrogens with zero attached hydrogens (tertiary/aromatic N) is 4. The lowest BCUT2D eigenvalue weighted by Crippen LogP contribution is -2.49. The van der Waals surface area contributed by atoms with E-state index >= 15 is 0 Å². The highest BCUT2D eigenvalue weighted by molar-refractivity contribution is 9.11. The van der Waals surface area contributed by atoms with E-state index in [0.717, 1.165) is 42.3 Å². The third-order valence-electron chi connectivity index (χ3n) is 4.47. The molecule has 3 rings (SSSR count). The van der Waals surface area contributed by atoms with Crippen molar-refractivity contribution in [3.8, 4) is 0 Å². The Bertz CT molecular complexity index is 666. The van der Waals surface area contributed by atoms with E-state index < -0.39 is 0 Å². The average Bonchev–Trinajstić information content (AvgIpc) is 3.24. The van der Waals surface area contributed by atoms with Crippen molar-refractivity contribution in [1.82, 2.24) is 19.8 Å². The summed E-state index contributed by atoms with van der Waals surface area (Å²) in [5.74, 6) is 1.66. The van der Waals surface area contributed by atoms with Gasteiger partial charge in [-0.05, 0) is 47.3 Å². The van der Waals surface area contributed by atoms with E-state index in [1.165, 1.54) is 4.88 Å². The highest BCUT2D eigenvalue weighted by Gasteiger charge is 2.28. The fourth-order valence-corrected chi connectivity index (χ4v) is 4.52. The minimum atomic E-state index is 0.445. The summed E-state index contributed by atoms with van der Waals surface area (Å²) in [6, 6.07) is 4.66. The molecule has 1 N–H and O–H groups in total. The molecule has 0 bridgehead atoms. The van der Waals surface area contributed by atoms with Gasteiger partial charge >= 0.3 is 0 Å². The molecule has 1 saturated heterocycles. The topological polar surface area (TPSA) is 45.5 Å². The molecule has 130 valence electrons. The second-order valence-electron chi connectivity index (χ2n) is 6.17. The molecule has 3 heterocycles. The maximum atomic E-state index is 4.86. The van der Waals surface area contributed by atoms with E-state index in [-0.39, 0.29) is 0 Å². The largest absolute Gasteiger partial charge is 0.357 e. The van der Waals surface area contributed by atoms with Crippen LogP contribution in [0.4, 0.5) is 0 Å². The van der Waals surface area contributed by atoms with Gasteiger partial charge in [-0.15, -0.1) is 11.3 Å². The van der Waals surface area contributed by atoms with E-state index in [2.05, 4.69) is 67.9 Å². The van der Waals surface area contributed by atoms with Crippen molar-refractivity contribution in [1.29, 1.82) is 0 Å². The van der Waals surface area contributed by atoms with Crippen LogP contribution in [0.5, 0.6) is 0 Å². The molecule has 0 spiro atoms. The van der Waals surface area contributed by atoms with Gasteiger partial charge in [0, 0.05) is 36.9 Å². The summed E-state index contributed by atoms with van der Waals surface area (Å²) in [4.78, 5) is 12.7. The second kappa shape index (κ2) is 8.16. The SMILES string of the molecule is CCNC(=NCc1ccc(Br)s1)N1CCC(C)C(n2ccnc2)C1. The van der Waals surface area contributed by atoms with Gasteiger partial charge in [0.15, 0.2) is 5.96 Å². The van der Waals surface area contributed by atoms with Crippen LogP contribution in [0.3, 0.4) is 0 Å². The van der Waals surface area contributed by atoms with Crippen LogP contribution in [0.1, 0.15) is 31.2 Å². The minimum Gasteiger partial charge on any atom is -0.357 e. The normalized spacial score (nSPS) is 22.0. The second-order valence-corrected chi connectivity index (χ2v) is 8.71. The Morgan fingerprint density at radius 2 is 2.38 bits per heavy atom. The molecule has 2 aromatic heterocycles. The summed E-state index contributed by atoms with van der Waals surface area (Å²) in [5, 5.41) is 3.45. The first kappa shape index (κ1) is 17.5. The third-order valence-corrected chi connectivity index (χ3v) is 6.08. The number of halogens is 1. The summed E-state index contributed by atoms with van der Waals surface area (Å²) in [7, 11) is 0. The van der Waals surface area contributed by atoms with Gasteiger partial charge in [0.1, 0.15) is 0 Å². The Morgan fingerprint density at radius 3 is 3.04 bits per heavy atom. The summed E-state index contributed by atoms with van der Waals surface area (Å²) in [5.41, 5.74) is 0. The van der Waals surface area contributed by atoms with Gasteiger partial charge in [0.05, 0.1) is 22.7 Å². The van der Waals surface area contributed by atoms with Crippen molar-refractivity contribution < 1.29 is 0 Å². The molecule has 2 atom stereocenters. The highest BCUT2D eigenvalue weighted by atomic mass is 79.9. The van der Waals surface area contributed by atoms with Crippen LogP contribution in [-0.4, -0.2) is 40.0 Å². The Morgan fingerprint density at radius 1 is 1.50 bits per heavy atom. The molecule has 5 nitrogen and oxygen atoms in total. The first-order chi connectivity index (χ1) is 11.7. The smallest absolute Gasteiger partial charge is 0.194 e. The number of piperidine rings is 1. The Balaban J connectivity index is 1.72. The van der Waals surface area contributed by atoms with E-state index in [9.17, 15) is 0 Å².